The van der Waals surface area contributed by atoms with Gasteiger partial charge in [0.25, 0.3) is 0 Å². The zero-order chi connectivity index (χ0) is 24.0. The molecule has 0 radical (unpaired) electrons. The molecule has 1 aromatic heterocycles. The van der Waals surface area contributed by atoms with Crippen LogP contribution < -0.4 is 4.90 Å². The molecular weight excluding hydrogens is 416 g/mol. The number of pyridine rings is 1. The van der Waals surface area contributed by atoms with Crippen molar-refractivity contribution in [1.29, 1.82) is 0 Å². The van der Waals surface area contributed by atoms with Gasteiger partial charge in [0.2, 0.25) is 0 Å². The van der Waals surface area contributed by atoms with E-state index < -0.39 is 17.7 Å². The van der Waals surface area contributed by atoms with Crippen LogP contribution in [0.2, 0.25) is 0 Å². The van der Waals surface area contributed by atoms with Crippen LogP contribution in [0.5, 0.6) is 5.75 Å². The molecule has 2 fully saturated rings. The molecule has 178 valence electrons. The van der Waals surface area contributed by atoms with Crippen LogP contribution in [0, 0.1) is 19.3 Å². The Labute approximate surface area is 196 Å². The van der Waals surface area contributed by atoms with E-state index in [1.165, 1.54) is 19.3 Å². The molecular formula is C27H36N2O4. The average Bonchev–Trinajstić information content (AvgIpc) is 2.71. The van der Waals surface area contributed by atoms with E-state index in [0.717, 1.165) is 48.4 Å². The monoisotopic (exact) mass is 452 g/mol. The minimum atomic E-state index is -1.12. The number of piperidine rings is 1. The van der Waals surface area contributed by atoms with E-state index in [0.29, 0.717) is 16.7 Å². The number of hydrogen-bond acceptors (Lipinski definition) is 5. The van der Waals surface area contributed by atoms with Crippen LogP contribution >= 0.6 is 0 Å². The highest BCUT2D eigenvalue weighted by atomic mass is 16.5. The highest BCUT2D eigenvalue weighted by Gasteiger charge is 2.41. The third-order valence-corrected chi connectivity index (χ3v) is 7.25. The van der Waals surface area contributed by atoms with Crippen molar-refractivity contribution < 1.29 is 19.7 Å². The van der Waals surface area contributed by atoms with Gasteiger partial charge in [-0.3, -0.25) is 4.98 Å². The summed E-state index contributed by atoms with van der Waals surface area (Å²) in [7, 11) is 0. The number of phenolic OH excluding ortho intramolecular Hbond substituents is 1. The molecule has 33 heavy (non-hydrogen) atoms. The number of aliphatic carboxylic acids is 1. The lowest BCUT2D eigenvalue weighted by molar-refractivity contribution is -0.160. The first-order valence-corrected chi connectivity index (χ1v) is 12.0. The Morgan fingerprint density at radius 2 is 1.67 bits per heavy atom. The second kappa shape index (κ2) is 8.64. The zero-order valence-corrected chi connectivity index (χ0v) is 20.4. The van der Waals surface area contributed by atoms with Crippen LogP contribution in [0.1, 0.15) is 75.9 Å². The number of carboxylic acid groups (broad SMARTS) is 1. The molecule has 1 aromatic carbocycles. The van der Waals surface area contributed by atoms with Crippen molar-refractivity contribution in [3.8, 4) is 16.9 Å². The molecule has 2 aromatic rings. The number of nitrogens with zero attached hydrogens (tertiary/aromatic N) is 2. The quantitative estimate of drug-likeness (QED) is 0.598. The van der Waals surface area contributed by atoms with Gasteiger partial charge in [-0.05, 0) is 83.4 Å². The first kappa shape index (κ1) is 23.6. The summed E-state index contributed by atoms with van der Waals surface area (Å²) < 4.78 is 6.11. The number of aromatic hydroxyl groups is 1. The summed E-state index contributed by atoms with van der Waals surface area (Å²) in [5, 5.41) is 20.1. The first-order chi connectivity index (χ1) is 15.5. The summed E-state index contributed by atoms with van der Waals surface area (Å²) in [4.78, 5) is 19.6. The standard InChI is InChI=1S/C27H36N2O4/c1-17-21(19-7-9-20(30)10-8-19)23(29-15-13-27(14-16-29)11-6-12-27)22(18(2)28-17)24(25(31)32)33-26(3,4)5/h7-10,24,30H,6,11-16H2,1-5H3,(H,31,32). The summed E-state index contributed by atoms with van der Waals surface area (Å²) in [6.07, 6.45) is 5.05. The number of phenols is 1. The molecule has 1 saturated carbocycles. The molecule has 4 rings (SSSR count). The molecule has 1 aliphatic heterocycles. The lowest BCUT2D eigenvalue weighted by Gasteiger charge is -2.49. The van der Waals surface area contributed by atoms with Crippen molar-refractivity contribution >= 4 is 11.7 Å². The summed E-state index contributed by atoms with van der Waals surface area (Å²) in [6.45, 7) is 11.3. The molecule has 1 saturated heterocycles. The number of hydrogen-bond donors (Lipinski definition) is 2. The van der Waals surface area contributed by atoms with E-state index in [1.807, 2.05) is 46.8 Å². The maximum Gasteiger partial charge on any atom is 0.337 e. The zero-order valence-electron chi connectivity index (χ0n) is 20.4. The maximum atomic E-state index is 12.5. The van der Waals surface area contributed by atoms with Crippen LogP contribution in [0.4, 0.5) is 5.69 Å². The number of carbonyl (C=O) groups is 1. The number of aryl methyl sites for hydroxylation is 2. The number of anilines is 1. The van der Waals surface area contributed by atoms with E-state index in [2.05, 4.69) is 4.90 Å². The smallest absolute Gasteiger partial charge is 0.337 e. The average molecular weight is 453 g/mol. The SMILES string of the molecule is Cc1nc(C)c(C(OC(C)(C)C)C(=O)O)c(N2CCC3(CCC3)CC2)c1-c1ccc(O)cc1. The van der Waals surface area contributed by atoms with Gasteiger partial charge in [-0.2, -0.15) is 0 Å². The predicted octanol–water partition coefficient (Wildman–Crippen LogP) is 5.78. The molecule has 1 atom stereocenters. The minimum absolute atomic E-state index is 0.197. The van der Waals surface area contributed by atoms with Crippen molar-refractivity contribution in [2.45, 2.75) is 78.4 Å². The van der Waals surface area contributed by atoms with Crippen molar-refractivity contribution in [1.82, 2.24) is 4.98 Å². The third-order valence-electron chi connectivity index (χ3n) is 7.25. The van der Waals surface area contributed by atoms with Crippen LogP contribution in [0.3, 0.4) is 0 Å². The number of benzene rings is 1. The van der Waals surface area contributed by atoms with Crippen molar-refractivity contribution in [2.75, 3.05) is 18.0 Å². The van der Waals surface area contributed by atoms with E-state index >= 15 is 0 Å². The Bertz CT molecular complexity index is 1030. The number of aromatic nitrogens is 1. The summed E-state index contributed by atoms with van der Waals surface area (Å²) in [5.74, 6) is -0.813. The highest BCUT2D eigenvalue weighted by molar-refractivity contribution is 5.88. The predicted molar refractivity (Wildman–Crippen MR) is 130 cm³/mol. The molecule has 0 amide bonds. The Morgan fingerprint density at radius 1 is 1.06 bits per heavy atom. The second-order valence-corrected chi connectivity index (χ2v) is 10.8. The van der Waals surface area contributed by atoms with Gasteiger partial charge >= 0.3 is 5.97 Å². The molecule has 2 heterocycles. The van der Waals surface area contributed by atoms with Gasteiger partial charge in [-0.15, -0.1) is 0 Å². The molecule has 0 bridgehead atoms. The van der Waals surface area contributed by atoms with Gasteiger partial charge in [-0.1, -0.05) is 18.6 Å². The fourth-order valence-electron chi connectivity index (χ4n) is 5.43. The van der Waals surface area contributed by atoms with Gasteiger partial charge in [0.05, 0.1) is 11.3 Å². The molecule has 1 unspecified atom stereocenters. The summed E-state index contributed by atoms with van der Waals surface area (Å²) in [6, 6.07) is 7.08. The largest absolute Gasteiger partial charge is 0.508 e. The maximum absolute atomic E-state index is 12.5. The number of ether oxygens (including phenoxy) is 1. The Balaban J connectivity index is 1.90. The van der Waals surface area contributed by atoms with Crippen LogP contribution in [-0.4, -0.2) is 39.9 Å². The summed E-state index contributed by atoms with van der Waals surface area (Å²) >= 11 is 0. The second-order valence-electron chi connectivity index (χ2n) is 10.8. The molecule has 2 aliphatic rings. The Morgan fingerprint density at radius 3 is 2.15 bits per heavy atom. The van der Waals surface area contributed by atoms with Gasteiger partial charge in [-0.25, -0.2) is 4.79 Å². The van der Waals surface area contributed by atoms with Gasteiger partial charge in [0, 0.05) is 35.6 Å². The highest BCUT2D eigenvalue weighted by Crippen LogP contribution is 2.51. The van der Waals surface area contributed by atoms with Crippen LogP contribution in [-0.2, 0) is 9.53 Å². The number of carboxylic acids is 1. The van der Waals surface area contributed by atoms with E-state index in [-0.39, 0.29) is 5.75 Å². The van der Waals surface area contributed by atoms with Crippen molar-refractivity contribution in [3.63, 3.8) is 0 Å². The van der Waals surface area contributed by atoms with Crippen molar-refractivity contribution in [3.05, 3.63) is 41.2 Å². The first-order valence-electron chi connectivity index (χ1n) is 12.0. The van der Waals surface area contributed by atoms with Crippen LogP contribution in [0.25, 0.3) is 11.1 Å². The topological polar surface area (TPSA) is 82.9 Å². The molecule has 6 heteroatoms. The lowest BCUT2D eigenvalue weighted by Crippen LogP contribution is -2.44. The Kier molecular flexibility index (Phi) is 6.16. The van der Waals surface area contributed by atoms with Gasteiger partial charge in [0.1, 0.15) is 5.75 Å². The van der Waals surface area contributed by atoms with E-state index in [4.69, 9.17) is 9.72 Å². The van der Waals surface area contributed by atoms with Crippen molar-refractivity contribution in [2.24, 2.45) is 5.41 Å². The normalized spacial score (nSPS) is 18.8. The molecule has 1 spiro atoms. The molecule has 1 aliphatic carbocycles. The molecule has 2 N–H and O–H groups in total. The number of rotatable bonds is 5. The third kappa shape index (κ3) is 4.72. The molecule has 6 nitrogen and oxygen atoms in total. The minimum Gasteiger partial charge on any atom is -0.508 e. The van der Waals surface area contributed by atoms with Gasteiger partial charge in [0.15, 0.2) is 6.10 Å². The fraction of sp³-hybridized carbons (Fsp3) is 0.556. The van der Waals surface area contributed by atoms with Gasteiger partial charge < -0.3 is 19.8 Å². The van der Waals surface area contributed by atoms with E-state index in [9.17, 15) is 15.0 Å². The van der Waals surface area contributed by atoms with E-state index in [1.54, 1.807) is 12.1 Å². The Hall–Kier alpha value is -2.60. The lowest BCUT2D eigenvalue weighted by atomic mass is 9.63. The fourth-order valence-corrected chi connectivity index (χ4v) is 5.43. The van der Waals surface area contributed by atoms with Crippen LogP contribution in [0.15, 0.2) is 24.3 Å². The summed E-state index contributed by atoms with van der Waals surface area (Å²) in [5.41, 5.74) is 4.76.